The van der Waals surface area contributed by atoms with Crippen LogP contribution in [0.2, 0.25) is 0 Å². The number of carbonyl (C=O) groups excluding carboxylic acids is 1. The Balaban J connectivity index is 2.08. The summed E-state index contributed by atoms with van der Waals surface area (Å²) in [5.74, 6) is 0.873. The van der Waals surface area contributed by atoms with E-state index >= 15 is 0 Å². The number of fused-ring (bicyclic) bond motifs is 1. The van der Waals surface area contributed by atoms with Crippen LogP contribution in [0.15, 0.2) is 57.8 Å². The SMILES string of the molecule is CCC(c1nc2ccccc2c(=O)n1CC)N(CC(C)C)C(=O)Nc1ccccc1Br. The van der Waals surface area contributed by atoms with Crippen LogP contribution >= 0.6 is 15.9 Å². The molecule has 2 amide bonds. The van der Waals surface area contributed by atoms with Gasteiger partial charge in [-0.15, -0.1) is 0 Å². The molecule has 0 fully saturated rings. The second-order valence-electron chi connectivity index (χ2n) is 7.92. The zero-order valence-electron chi connectivity index (χ0n) is 18.4. The van der Waals surface area contributed by atoms with Crippen molar-refractivity contribution in [3.8, 4) is 0 Å². The van der Waals surface area contributed by atoms with Crippen molar-refractivity contribution in [1.82, 2.24) is 14.5 Å². The van der Waals surface area contributed by atoms with E-state index in [0.29, 0.717) is 41.9 Å². The molecule has 31 heavy (non-hydrogen) atoms. The van der Waals surface area contributed by atoms with Crippen LogP contribution in [-0.4, -0.2) is 27.0 Å². The van der Waals surface area contributed by atoms with Crippen molar-refractivity contribution in [1.29, 1.82) is 0 Å². The monoisotopic (exact) mass is 484 g/mol. The largest absolute Gasteiger partial charge is 0.322 e. The van der Waals surface area contributed by atoms with E-state index < -0.39 is 0 Å². The van der Waals surface area contributed by atoms with Crippen molar-refractivity contribution in [2.24, 2.45) is 5.92 Å². The van der Waals surface area contributed by atoms with E-state index in [1.54, 1.807) is 15.5 Å². The maximum Gasteiger partial charge on any atom is 0.322 e. The first-order valence-electron chi connectivity index (χ1n) is 10.7. The molecule has 1 unspecified atom stereocenters. The van der Waals surface area contributed by atoms with Crippen LogP contribution in [0.25, 0.3) is 10.9 Å². The van der Waals surface area contributed by atoms with Crippen molar-refractivity contribution in [2.45, 2.75) is 46.7 Å². The molecule has 7 heteroatoms. The molecule has 0 bridgehead atoms. The van der Waals surface area contributed by atoms with E-state index in [2.05, 4.69) is 35.1 Å². The molecule has 0 saturated heterocycles. The molecule has 6 nitrogen and oxygen atoms in total. The van der Waals surface area contributed by atoms with Gasteiger partial charge in [0.15, 0.2) is 0 Å². The zero-order chi connectivity index (χ0) is 22.5. The molecule has 0 radical (unpaired) electrons. The van der Waals surface area contributed by atoms with Crippen LogP contribution in [0.4, 0.5) is 10.5 Å². The van der Waals surface area contributed by atoms with Gasteiger partial charge in [0.25, 0.3) is 5.56 Å². The number of aromatic nitrogens is 2. The fraction of sp³-hybridized carbons (Fsp3) is 0.375. The Hall–Kier alpha value is -2.67. The molecular formula is C24H29BrN4O2. The van der Waals surface area contributed by atoms with Gasteiger partial charge in [-0.05, 0) is 59.5 Å². The number of halogens is 1. The molecule has 0 spiro atoms. The summed E-state index contributed by atoms with van der Waals surface area (Å²) in [6.07, 6.45) is 0.640. The van der Waals surface area contributed by atoms with Gasteiger partial charge < -0.3 is 10.2 Å². The molecular weight excluding hydrogens is 456 g/mol. The first kappa shape index (κ1) is 23.0. The highest BCUT2D eigenvalue weighted by atomic mass is 79.9. The summed E-state index contributed by atoms with van der Waals surface area (Å²) < 4.78 is 2.51. The number of carbonyl (C=O) groups is 1. The zero-order valence-corrected chi connectivity index (χ0v) is 20.0. The van der Waals surface area contributed by atoms with E-state index in [1.807, 2.05) is 56.3 Å². The van der Waals surface area contributed by atoms with Gasteiger partial charge in [-0.3, -0.25) is 9.36 Å². The van der Waals surface area contributed by atoms with E-state index in [4.69, 9.17) is 4.98 Å². The van der Waals surface area contributed by atoms with Crippen LogP contribution < -0.4 is 10.9 Å². The molecule has 0 saturated carbocycles. The second kappa shape index (κ2) is 10.1. The molecule has 0 aliphatic rings. The van der Waals surface area contributed by atoms with E-state index in [-0.39, 0.29) is 23.6 Å². The van der Waals surface area contributed by atoms with Crippen molar-refractivity contribution in [2.75, 3.05) is 11.9 Å². The average Bonchev–Trinajstić information content (AvgIpc) is 2.75. The van der Waals surface area contributed by atoms with Crippen LogP contribution in [0.1, 0.15) is 46.0 Å². The van der Waals surface area contributed by atoms with Crippen molar-refractivity contribution in [3.63, 3.8) is 0 Å². The highest BCUT2D eigenvalue weighted by Gasteiger charge is 2.29. The first-order valence-corrected chi connectivity index (χ1v) is 11.5. The van der Waals surface area contributed by atoms with E-state index in [0.717, 1.165) is 4.47 Å². The van der Waals surface area contributed by atoms with Gasteiger partial charge in [0, 0.05) is 17.6 Å². The average molecular weight is 485 g/mol. The van der Waals surface area contributed by atoms with Crippen LogP contribution in [0.3, 0.4) is 0 Å². The molecule has 0 aliphatic heterocycles. The summed E-state index contributed by atoms with van der Waals surface area (Å²) >= 11 is 3.49. The predicted octanol–water partition coefficient (Wildman–Crippen LogP) is 5.82. The molecule has 1 atom stereocenters. The van der Waals surface area contributed by atoms with Gasteiger partial charge >= 0.3 is 6.03 Å². The van der Waals surface area contributed by atoms with Crippen molar-refractivity contribution in [3.05, 3.63) is 69.2 Å². The lowest BCUT2D eigenvalue weighted by atomic mass is 10.1. The summed E-state index contributed by atoms with van der Waals surface area (Å²) in [6, 6.07) is 14.4. The molecule has 0 aliphatic carbocycles. The number of anilines is 1. The Labute approximate surface area is 191 Å². The summed E-state index contributed by atoms with van der Waals surface area (Å²) in [5.41, 5.74) is 1.29. The number of urea groups is 1. The molecule has 1 aromatic heterocycles. The quantitative estimate of drug-likeness (QED) is 0.459. The summed E-state index contributed by atoms with van der Waals surface area (Å²) in [6.45, 7) is 9.14. The fourth-order valence-electron chi connectivity index (χ4n) is 3.78. The van der Waals surface area contributed by atoms with E-state index in [9.17, 15) is 9.59 Å². The van der Waals surface area contributed by atoms with Crippen LogP contribution in [0, 0.1) is 5.92 Å². The number of amides is 2. The number of hydrogen-bond acceptors (Lipinski definition) is 3. The number of hydrogen-bond donors (Lipinski definition) is 1. The summed E-state index contributed by atoms with van der Waals surface area (Å²) in [5, 5.41) is 3.61. The third-order valence-corrected chi connectivity index (χ3v) is 5.90. The van der Waals surface area contributed by atoms with E-state index in [1.165, 1.54) is 0 Å². The molecule has 3 aromatic rings. The maximum absolute atomic E-state index is 13.4. The molecule has 2 aromatic carbocycles. The Kier molecular flexibility index (Phi) is 7.49. The van der Waals surface area contributed by atoms with Gasteiger partial charge in [-0.25, -0.2) is 9.78 Å². The molecule has 3 rings (SSSR count). The second-order valence-corrected chi connectivity index (χ2v) is 8.77. The number of para-hydroxylation sites is 2. The van der Waals surface area contributed by atoms with Crippen molar-refractivity contribution >= 4 is 38.6 Å². The minimum absolute atomic E-state index is 0.0720. The number of nitrogens with zero attached hydrogens (tertiary/aromatic N) is 3. The summed E-state index contributed by atoms with van der Waals surface area (Å²) in [4.78, 5) is 33.2. The Morgan fingerprint density at radius 2 is 1.81 bits per heavy atom. The Bertz CT molecular complexity index is 1130. The summed E-state index contributed by atoms with van der Waals surface area (Å²) in [7, 11) is 0. The third-order valence-electron chi connectivity index (χ3n) is 5.21. The predicted molar refractivity (Wildman–Crippen MR) is 129 cm³/mol. The van der Waals surface area contributed by atoms with Gasteiger partial charge in [0.1, 0.15) is 5.82 Å². The lowest BCUT2D eigenvalue weighted by Gasteiger charge is -2.33. The molecule has 1 N–H and O–H groups in total. The smallest absolute Gasteiger partial charge is 0.314 e. The first-order chi connectivity index (χ1) is 14.9. The lowest BCUT2D eigenvalue weighted by Crippen LogP contribution is -2.42. The topological polar surface area (TPSA) is 67.2 Å². The maximum atomic E-state index is 13.4. The number of rotatable bonds is 7. The highest BCUT2D eigenvalue weighted by molar-refractivity contribution is 9.10. The number of nitrogens with one attached hydrogen (secondary N) is 1. The minimum Gasteiger partial charge on any atom is -0.314 e. The number of benzene rings is 2. The third kappa shape index (κ3) is 4.98. The highest BCUT2D eigenvalue weighted by Crippen LogP contribution is 2.27. The van der Waals surface area contributed by atoms with Gasteiger partial charge in [-0.1, -0.05) is 45.0 Å². The Morgan fingerprint density at radius 3 is 2.45 bits per heavy atom. The fourth-order valence-corrected chi connectivity index (χ4v) is 4.17. The Morgan fingerprint density at radius 1 is 1.13 bits per heavy atom. The van der Waals surface area contributed by atoms with Crippen molar-refractivity contribution < 1.29 is 4.79 Å². The standard InChI is InChI=1S/C24H29BrN4O2/c1-5-21(22-26-19-13-9-7-11-17(19)23(30)28(22)6-2)29(15-16(3)4)24(31)27-20-14-10-8-12-18(20)25/h7-14,16,21H,5-6,15H2,1-4H3,(H,27,31). The molecule has 1 heterocycles. The minimum atomic E-state index is -0.331. The lowest BCUT2D eigenvalue weighted by molar-refractivity contribution is 0.170. The molecule has 164 valence electrons. The normalized spacial score (nSPS) is 12.2. The van der Waals surface area contributed by atoms with Crippen LogP contribution in [0.5, 0.6) is 0 Å². The van der Waals surface area contributed by atoms with Gasteiger partial charge in [0.05, 0.1) is 22.6 Å². The van der Waals surface area contributed by atoms with Crippen LogP contribution in [-0.2, 0) is 6.54 Å². The van der Waals surface area contributed by atoms with Gasteiger partial charge in [-0.2, -0.15) is 0 Å². The van der Waals surface area contributed by atoms with Gasteiger partial charge in [0.2, 0.25) is 0 Å².